The molecule has 2 aromatic rings. The molecule has 86 valence electrons. The van der Waals surface area contributed by atoms with Gasteiger partial charge < -0.3 is 10.1 Å². The molecule has 0 aliphatic rings. The highest BCUT2D eigenvalue weighted by Gasteiger charge is 2.11. The molecule has 2 heterocycles. The normalized spacial score (nSPS) is 11.0. The fraction of sp³-hybridized carbons (Fsp3) is 0.333. The Morgan fingerprint density at radius 3 is 3.00 bits per heavy atom. The Morgan fingerprint density at radius 1 is 1.50 bits per heavy atom. The maximum Gasteiger partial charge on any atom is 0.272 e. The van der Waals surface area contributed by atoms with Gasteiger partial charge in [0.2, 0.25) is 11.8 Å². The predicted octanol–water partition coefficient (Wildman–Crippen LogP) is 2.38. The SMILES string of the molecule is CNc1nc(OCC(F)F)c2ccsc2n1. The second-order valence-electron chi connectivity index (χ2n) is 2.94. The molecule has 0 atom stereocenters. The van der Waals surface area contributed by atoms with Gasteiger partial charge in [0, 0.05) is 7.05 Å². The minimum Gasteiger partial charge on any atom is -0.471 e. The second kappa shape index (κ2) is 4.56. The van der Waals surface area contributed by atoms with Crippen LogP contribution in [0.3, 0.4) is 0 Å². The van der Waals surface area contributed by atoms with Crippen LogP contribution in [0.15, 0.2) is 11.4 Å². The molecule has 4 nitrogen and oxygen atoms in total. The Bertz CT molecular complexity index is 489. The van der Waals surface area contributed by atoms with Crippen LogP contribution in [0.4, 0.5) is 14.7 Å². The maximum atomic E-state index is 12.0. The number of alkyl halides is 2. The first-order valence-electron chi connectivity index (χ1n) is 4.54. The zero-order chi connectivity index (χ0) is 11.5. The lowest BCUT2D eigenvalue weighted by Gasteiger charge is -2.07. The maximum absolute atomic E-state index is 12.0. The Hall–Kier alpha value is -1.50. The van der Waals surface area contributed by atoms with Gasteiger partial charge in [-0.1, -0.05) is 0 Å². The van der Waals surface area contributed by atoms with Crippen molar-refractivity contribution in [1.29, 1.82) is 0 Å². The zero-order valence-corrected chi connectivity index (χ0v) is 9.22. The van der Waals surface area contributed by atoms with Crippen molar-refractivity contribution in [1.82, 2.24) is 9.97 Å². The van der Waals surface area contributed by atoms with Crippen LogP contribution < -0.4 is 10.1 Å². The molecule has 0 amide bonds. The van der Waals surface area contributed by atoms with Crippen molar-refractivity contribution >= 4 is 27.5 Å². The van der Waals surface area contributed by atoms with Gasteiger partial charge in [0.25, 0.3) is 6.43 Å². The monoisotopic (exact) mass is 245 g/mol. The lowest BCUT2D eigenvalue weighted by Crippen LogP contribution is -2.09. The topological polar surface area (TPSA) is 47.0 Å². The molecule has 0 fully saturated rings. The average molecular weight is 245 g/mol. The highest BCUT2D eigenvalue weighted by Crippen LogP contribution is 2.28. The van der Waals surface area contributed by atoms with Crippen molar-refractivity contribution in [3.63, 3.8) is 0 Å². The Balaban J connectivity index is 2.36. The minimum absolute atomic E-state index is 0.191. The predicted molar refractivity (Wildman–Crippen MR) is 58.5 cm³/mol. The number of anilines is 1. The van der Waals surface area contributed by atoms with Crippen molar-refractivity contribution in [2.24, 2.45) is 0 Å². The molecule has 0 aliphatic carbocycles. The molecule has 0 spiro atoms. The molecule has 7 heteroatoms. The molecule has 1 N–H and O–H groups in total. The van der Waals surface area contributed by atoms with Crippen molar-refractivity contribution in [3.8, 4) is 5.88 Å². The molecule has 0 aliphatic heterocycles. The molecule has 0 saturated carbocycles. The van der Waals surface area contributed by atoms with Crippen LogP contribution >= 0.6 is 11.3 Å². The fourth-order valence-electron chi connectivity index (χ4n) is 1.19. The van der Waals surface area contributed by atoms with E-state index in [9.17, 15) is 8.78 Å². The van der Waals surface area contributed by atoms with Gasteiger partial charge in [0.1, 0.15) is 4.83 Å². The van der Waals surface area contributed by atoms with E-state index in [1.54, 1.807) is 13.1 Å². The Kier molecular flexibility index (Phi) is 3.14. The molecule has 16 heavy (non-hydrogen) atoms. The summed E-state index contributed by atoms with van der Waals surface area (Å²) in [6.45, 7) is -0.662. The smallest absolute Gasteiger partial charge is 0.272 e. The highest BCUT2D eigenvalue weighted by molar-refractivity contribution is 7.16. The fourth-order valence-corrected chi connectivity index (χ4v) is 1.95. The van der Waals surface area contributed by atoms with E-state index < -0.39 is 13.0 Å². The van der Waals surface area contributed by atoms with Crippen LogP contribution in [0.1, 0.15) is 0 Å². The standard InChI is InChI=1S/C9H9F2N3OS/c1-12-9-13-7(15-4-6(10)11)5-2-3-16-8(5)14-9/h2-3,6H,4H2,1H3,(H,12,13,14). The van der Waals surface area contributed by atoms with E-state index in [0.29, 0.717) is 16.2 Å². The Morgan fingerprint density at radius 2 is 2.31 bits per heavy atom. The summed E-state index contributed by atoms with van der Waals surface area (Å²) in [4.78, 5) is 8.87. The van der Waals surface area contributed by atoms with Crippen LogP contribution in [0.2, 0.25) is 0 Å². The lowest BCUT2D eigenvalue weighted by molar-refractivity contribution is 0.0805. The Labute approximate surface area is 94.3 Å². The molecule has 0 bridgehead atoms. The van der Waals surface area contributed by atoms with E-state index in [1.807, 2.05) is 5.38 Å². The van der Waals surface area contributed by atoms with Gasteiger partial charge in [-0.15, -0.1) is 11.3 Å². The number of halogens is 2. The van der Waals surface area contributed by atoms with E-state index in [-0.39, 0.29) is 5.88 Å². The van der Waals surface area contributed by atoms with Crippen LogP contribution in [0, 0.1) is 0 Å². The van der Waals surface area contributed by atoms with E-state index in [0.717, 1.165) is 0 Å². The van der Waals surface area contributed by atoms with Crippen LogP contribution in [0.5, 0.6) is 5.88 Å². The minimum atomic E-state index is -2.51. The van der Waals surface area contributed by atoms with Crippen molar-refractivity contribution < 1.29 is 13.5 Å². The van der Waals surface area contributed by atoms with Crippen LogP contribution in [-0.2, 0) is 0 Å². The molecule has 0 radical (unpaired) electrons. The van der Waals surface area contributed by atoms with E-state index in [2.05, 4.69) is 15.3 Å². The molecule has 0 unspecified atom stereocenters. The number of ether oxygens (including phenoxy) is 1. The average Bonchev–Trinajstić information content (AvgIpc) is 2.73. The third-order valence-electron chi connectivity index (χ3n) is 1.86. The lowest BCUT2D eigenvalue weighted by atomic mass is 10.4. The number of rotatable bonds is 4. The number of hydrogen-bond donors (Lipinski definition) is 1. The van der Waals surface area contributed by atoms with Gasteiger partial charge in [-0.2, -0.15) is 4.98 Å². The van der Waals surface area contributed by atoms with Crippen molar-refractivity contribution in [2.75, 3.05) is 19.0 Å². The summed E-state index contributed by atoms with van der Waals surface area (Å²) in [7, 11) is 1.66. The summed E-state index contributed by atoms with van der Waals surface area (Å²) in [6, 6.07) is 1.75. The van der Waals surface area contributed by atoms with Gasteiger partial charge in [0.15, 0.2) is 6.61 Å². The van der Waals surface area contributed by atoms with E-state index >= 15 is 0 Å². The van der Waals surface area contributed by atoms with Gasteiger partial charge in [-0.05, 0) is 11.4 Å². The number of thiophene rings is 1. The van der Waals surface area contributed by atoms with Gasteiger partial charge in [-0.3, -0.25) is 0 Å². The third kappa shape index (κ3) is 2.19. The van der Waals surface area contributed by atoms with Crippen LogP contribution in [0.25, 0.3) is 10.2 Å². The number of aromatic nitrogens is 2. The molecule has 0 aromatic carbocycles. The summed E-state index contributed by atoms with van der Waals surface area (Å²) < 4.78 is 29.0. The van der Waals surface area contributed by atoms with E-state index in [1.165, 1.54) is 11.3 Å². The first-order chi connectivity index (χ1) is 7.70. The summed E-state index contributed by atoms with van der Waals surface area (Å²) in [5.74, 6) is 0.551. The molecular weight excluding hydrogens is 236 g/mol. The quantitative estimate of drug-likeness (QED) is 0.898. The summed E-state index contributed by atoms with van der Waals surface area (Å²) >= 11 is 1.41. The number of nitrogens with one attached hydrogen (secondary N) is 1. The first kappa shape index (κ1) is 11.0. The summed E-state index contributed by atoms with van der Waals surface area (Å²) in [5.41, 5.74) is 0. The zero-order valence-electron chi connectivity index (χ0n) is 8.41. The van der Waals surface area contributed by atoms with Gasteiger partial charge in [0.05, 0.1) is 5.39 Å². The largest absolute Gasteiger partial charge is 0.471 e. The summed E-state index contributed by atoms with van der Waals surface area (Å²) in [6.07, 6.45) is -2.51. The molecular formula is C9H9F2N3OS. The second-order valence-corrected chi connectivity index (χ2v) is 3.84. The van der Waals surface area contributed by atoms with Crippen molar-refractivity contribution in [2.45, 2.75) is 6.43 Å². The number of hydrogen-bond acceptors (Lipinski definition) is 5. The van der Waals surface area contributed by atoms with Gasteiger partial charge in [-0.25, -0.2) is 13.8 Å². The third-order valence-corrected chi connectivity index (χ3v) is 2.67. The first-order valence-corrected chi connectivity index (χ1v) is 5.42. The van der Waals surface area contributed by atoms with Gasteiger partial charge >= 0.3 is 0 Å². The molecule has 0 saturated heterocycles. The number of fused-ring (bicyclic) bond motifs is 1. The summed E-state index contributed by atoms with van der Waals surface area (Å²) in [5, 5.41) is 5.22. The van der Waals surface area contributed by atoms with Crippen LogP contribution in [-0.4, -0.2) is 30.0 Å². The molecule has 2 aromatic heterocycles. The van der Waals surface area contributed by atoms with Crippen molar-refractivity contribution in [3.05, 3.63) is 11.4 Å². The molecule has 2 rings (SSSR count). The van der Waals surface area contributed by atoms with E-state index in [4.69, 9.17) is 4.74 Å². The number of nitrogens with zero attached hydrogens (tertiary/aromatic N) is 2. The highest BCUT2D eigenvalue weighted by atomic mass is 32.1.